The van der Waals surface area contributed by atoms with Gasteiger partial charge in [-0.2, -0.15) is 0 Å². The van der Waals surface area contributed by atoms with Gasteiger partial charge in [0, 0.05) is 23.4 Å². The lowest BCUT2D eigenvalue weighted by molar-refractivity contribution is -0.140. The minimum Gasteiger partial charge on any atom is -0.461 e. The number of carbonyl (C=O) groups is 1. The topological polar surface area (TPSA) is 54.0 Å². The molecule has 3 atom stereocenters. The highest BCUT2D eigenvalue weighted by Gasteiger charge is 2.62. The molecule has 6 heteroatoms. The van der Waals surface area contributed by atoms with Gasteiger partial charge in [-0.15, -0.1) is 0 Å². The highest BCUT2D eigenvalue weighted by atomic mass is 28.4. The molecule has 148 valence electrons. The number of rotatable bonds is 4. The zero-order valence-electron chi connectivity index (χ0n) is 17.3. The molecular weight excluding hydrogens is 348 g/mol. The Kier molecular flexibility index (Phi) is 6.22. The van der Waals surface area contributed by atoms with Crippen molar-refractivity contribution in [1.29, 1.82) is 0 Å². The van der Waals surface area contributed by atoms with Gasteiger partial charge in [-0.1, -0.05) is 60.3 Å². The van der Waals surface area contributed by atoms with Crippen molar-refractivity contribution in [2.75, 3.05) is 13.2 Å². The van der Waals surface area contributed by atoms with Gasteiger partial charge in [-0.3, -0.25) is 4.79 Å². The summed E-state index contributed by atoms with van der Waals surface area (Å²) in [6, 6.07) is 0. The summed E-state index contributed by atoms with van der Waals surface area (Å²) < 4.78 is 24.3. The lowest BCUT2D eigenvalue weighted by atomic mass is 10.0. The van der Waals surface area contributed by atoms with Gasteiger partial charge in [-0.25, -0.2) is 0 Å². The molecule has 0 amide bonds. The van der Waals surface area contributed by atoms with Crippen LogP contribution in [0.3, 0.4) is 0 Å². The Morgan fingerprint density at radius 2 is 1.81 bits per heavy atom. The third-order valence-electron chi connectivity index (χ3n) is 4.93. The van der Waals surface area contributed by atoms with Crippen LogP contribution in [0, 0.1) is 0 Å². The summed E-state index contributed by atoms with van der Waals surface area (Å²) in [4.78, 5) is 10.9. The van der Waals surface area contributed by atoms with Crippen LogP contribution in [0.2, 0.25) is 10.1 Å². The van der Waals surface area contributed by atoms with Gasteiger partial charge in [0.1, 0.15) is 12.7 Å². The first-order valence-corrected chi connectivity index (χ1v) is 11.1. The molecule has 2 heterocycles. The summed E-state index contributed by atoms with van der Waals surface area (Å²) in [7, 11) is -2.48. The van der Waals surface area contributed by atoms with Crippen LogP contribution < -0.4 is 0 Å². The molecule has 1 saturated heterocycles. The summed E-state index contributed by atoms with van der Waals surface area (Å²) in [5.74, 6) is -0.300. The lowest BCUT2D eigenvalue weighted by Gasteiger charge is -2.55. The Hall–Kier alpha value is -0.953. The third kappa shape index (κ3) is 4.47. The highest BCUT2D eigenvalue weighted by Crippen LogP contribution is 2.54. The quantitative estimate of drug-likeness (QED) is 0.413. The van der Waals surface area contributed by atoms with E-state index < -0.39 is 8.56 Å². The van der Waals surface area contributed by atoms with Crippen LogP contribution in [0.15, 0.2) is 24.3 Å². The third-order valence-corrected chi connectivity index (χ3v) is 10.1. The van der Waals surface area contributed by atoms with E-state index in [-0.39, 0.29) is 41.0 Å². The second-order valence-electron chi connectivity index (χ2n) is 9.34. The molecule has 0 aliphatic carbocycles. The van der Waals surface area contributed by atoms with Gasteiger partial charge in [0.2, 0.25) is 0 Å². The molecule has 0 aromatic heterocycles. The molecule has 26 heavy (non-hydrogen) atoms. The number of carbonyl (C=O) groups excluding carboxylic acids is 1. The van der Waals surface area contributed by atoms with Crippen LogP contribution in [0.25, 0.3) is 0 Å². The van der Waals surface area contributed by atoms with E-state index in [4.69, 9.17) is 18.3 Å². The highest BCUT2D eigenvalue weighted by molar-refractivity contribution is 6.73. The van der Waals surface area contributed by atoms with Gasteiger partial charge in [-0.05, 0) is 5.57 Å². The van der Waals surface area contributed by atoms with Crippen molar-refractivity contribution in [3.8, 4) is 0 Å². The van der Waals surface area contributed by atoms with Gasteiger partial charge in [0.05, 0.1) is 18.8 Å². The van der Waals surface area contributed by atoms with Crippen molar-refractivity contribution in [3.63, 3.8) is 0 Å². The van der Waals surface area contributed by atoms with Crippen molar-refractivity contribution in [2.24, 2.45) is 0 Å². The molecule has 0 spiro atoms. The molecule has 0 radical (unpaired) electrons. The molecule has 2 aliphatic heterocycles. The van der Waals surface area contributed by atoms with Crippen molar-refractivity contribution in [1.82, 2.24) is 0 Å². The molecule has 0 bridgehead atoms. The Morgan fingerprint density at radius 1 is 1.19 bits per heavy atom. The smallest absolute Gasteiger partial charge is 0.349 e. The maximum Gasteiger partial charge on any atom is 0.349 e. The first kappa shape index (κ1) is 21.3. The molecule has 5 nitrogen and oxygen atoms in total. The number of hydrogen-bond donors (Lipinski definition) is 0. The van der Waals surface area contributed by atoms with E-state index in [1.807, 2.05) is 6.08 Å². The Morgan fingerprint density at radius 3 is 2.35 bits per heavy atom. The molecule has 0 saturated carbocycles. The first-order valence-electron chi connectivity index (χ1n) is 9.31. The summed E-state index contributed by atoms with van der Waals surface area (Å²) in [6.45, 7) is 19.4. The van der Waals surface area contributed by atoms with Crippen LogP contribution in [0.1, 0.15) is 54.9 Å². The predicted octanol–water partition coefficient (Wildman–Crippen LogP) is 4.28. The van der Waals surface area contributed by atoms with Crippen LogP contribution in [-0.2, 0) is 23.1 Å². The van der Waals surface area contributed by atoms with Gasteiger partial charge in [0.25, 0.3) is 0 Å². The van der Waals surface area contributed by atoms with Crippen LogP contribution in [0.5, 0.6) is 0 Å². The number of fused-ring (bicyclic) bond motifs is 1. The van der Waals surface area contributed by atoms with Gasteiger partial charge >= 0.3 is 14.5 Å². The average Bonchev–Trinajstić information content (AvgIpc) is 2.50. The molecular formula is C20H34O5Si. The standard InChI is InChI=1S/C20H34O5Si/c1-14(12-22-15(2)21)11-16-9-10-17-18(24-16)13-23-26(25-17,19(3,4)5)20(6,7)8/h9-10,16-18H,1,11-13H2,2-8H3/t16-,17+,18+/m0/s1. The maximum atomic E-state index is 10.9. The van der Waals surface area contributed by atoms with Crippen molar-refractivity contribution in [3.05, 3.63) is 24.3 Å². The average molecular weight is 383 g/mol. The molecule has 2 rings (SSSR count). The molecule has 1 fully saturated rings. The second-order valence-corrected chi connectivity index (χ2v) is 14.1. The molecule has 2 aliphatic rings. The molecule has 0 aromatic rings. The van der Waals surface area contributed by atoms with E-state index in [2.05, 4.69) is 54.2 Å². The fourth-order valence-electron chi connectivity index (χ4n) is 3.95. The maximum absolute atomic E-state index is 10.9. The fraction of sp³-hybridized carbons (Fsp3) is 0.750. The monoisotopic (exact) mass is 382 g/mol. The van der Waals surface area contributed by atoms with E-state index >= 15 is 0 Å². The van der Waals surface area contributed by atoms with Crippen molar-refractivity contribution < 1.29 is 23.1 Å². The Balaban J connectivity index is 2.06. The number of ether oxygens (including phenoxy) is 2. The summed E-state index contributed by atoms with van der Waals surface area (Å²) in [5.41, 5.74) is 0.832. The summed E-state index contributed by atoms with van der Waals surface area (Å²) in [5, 5.41) is -0.0849. The lowest BCUT2D eigenvalue weighted by Crippen LogP contribution is -2.65. The van der Waals surface area contributed by atoms with Gasteiger partial charge < -0.3 is 18.3 Å². The zero-order chi connectivity index (χ0) is 19.8. The van der Waals surface area contributed by atoms with Crippen LogP contribution in [-0.4, -0.2) is 46.1 Å². The van der Waals surface area contributed by atoms with Crippen molar-refractivity contribution >= 4 is 14.5 Å². The largest absolute Gasteiger partial charge is 0.461 e. The predicted molar refractivity (Wildman–Crippen MR) is 104 cm³/mol. The van der Waals surface area contributed by atoms with Crippen molar-refractivity contribution in [2.45, 2.75) is 83.3 Å². The summed E-state index contributed by atoms with van der Waals surface area (Å²) in [6.07, 6.45) is 4.48. The minimum absolute atomic E-state index is 0.0424. The zero-order valence-corrected chi connectivity index (χ0v) is 18.3. The normalized spacial score (nSPS) is 28.3. The Labute approximate surface area is 159 Å². The minimum atomic E-state index is -2.48. The Bertz CT molecular complexity index is 556. The first-order chi connectivity index (χ1) is 11.9. The molecule has 0 N–H and O–H groups in total. The second kappa shape index (κ2) is 7.58. The van der Waals surface area contributed by atoms with Crippen LogP contribution >= 0.6 is 0 Å². The fourth-order valence-corrected chi connectivity index (χ4v) is 8.86. The van der Waals surface area contributed by atoms with E-state index in [1.165, 1.54) is 6.92 Å². The SMILES string of the molecule is C=C(COC(C)=O)C[C@@H]1C=C[C@H]2O[Si](C(C)(C)C)(C(C)(C)C)OC[C@H]2O1. The van der Waals surface area contributed by atoms with Crippen LogP contribution in [0.4, 0.5) is 0 Å². The molecule has 0 aromatic carbocycles. The number of esters is 1. The summed E-state index contributed by atoms with van der Waals surface area (Å²) >= 11 is 0. The van der Waals surface area contributed by atoms with E-state index in [1.54, 1.807) is 0 Å². The van der Waals surface area contributed by atoms with Gasteiger partial charge in [0.15, 0.2) is 0 Å². The van der Waals surface area contributed by atoms with E-state index in [0.29, 0.717) is 13.0 Å². The molecule has 0 unspecified atom stereocenters. The number of hydrogen-bond acceptors (Lipinski definition) is 5. The van der Waals surface area contributed by atoms with E-state index in [0.717, 1.165) is 5.57 Å². The van der Waals surface area contributed by atoms with E-state index in [9.17, 15) is 4.79 Å².